The van der Waals surface area contributed by atoms with Crippen LogP contribution in [0.4, 0.5) is 22.0 Å². The minimum Gasteiger partial charge on any atom is -0.305 e. The standard InChI is InChI=1S/C15H14F5N/c1-2-21-13(14(16,17)15(18,19)20)12-9-5-7-10-6-3-4-8-11(10)12/h3-9,13,21H,2H2,1H3. The Hall–Kier alpha value is -1.69. The van der Waals surface area contributed by atoms with E-state index in [1.54, 1.807) is 30.3 Å². The molecule has 21 heavy (non-hydrogen) atoms. The molecule has 0 aliphatic carbocycles. The number of halogens is 5. The third kappa shape index (κ3) is 2.85. The van der Waals surface area contributed by atoms with Gasteiger partial charge in [0.05, 0.1) is 0 Å². The molecule has 114 valence electrons. The highest BCUT2D eigenvalue weighted by molar-refractivity contribution is 5.86. The molecule has 0 aromatic heterocycles. The van der Waals surface area contributed by atoms with Gasteiger partial charge in [-0.05, 0) is 22.9 Å². The number of fused-ring (bicyclic) bond motifs is 1. The molecule has 1 nitrogen and oxygen atoms in total. The topological polar surface area (TPSA) is 12.0 Å². The van der Waals surface area contributed by atoms with Gasteiger partial charge in [-0.2, -0.15) is 22.0 Å². The molecule has 1 N–H and O–H groups in total. The number of hydrogen-bond acceptors (Lipinski definition) is 1. The summed E-state index contributed by atoms with van der Waals surface area (Å²) in [4.78, 5) is 0. The molecule has 2 aromatic carbocycles. The average Bonchev–Trinajstić information content (AvgIpc) is 2.43. The summed E-state index contributed by atoms with van der Waals surface area (Å²) in [5, 5.41) is 3.27. The third-order valence-corrected chi connectivity index (χ3v) is 3.28. The van der Waals surface area contributed by atoms with Gasteiger partial charge in [-0.1, -0.05) is 49.4 Å². The molecule has 0 heterocycles. The molecular formula is C15H14F5N. The third-order valence-electron chi connectivity index (χ3n) is 3.28. The fourth-order valence-electron chi connectivity index (χ4n) is 2.30. The molecule has 0 saturated carbocycles. The van der Waals surface area contributed by atoms with Crippen molar-refractivity contribution in [1.29, 1.82) is 0 Å². The lowest BCUT2D eigenvalue weighted by molar-refractivity contribution is -0.294. The number of hydrogen-bond donors (Lipinski definition) is 1. The normalized spacial score (nSPS) is 14.4. The van der Waals surface area contributed by atoms with Crippen molar-refractivity contribution in [1.82, 2.24) is 5.32 Å². The van der Waals surface area contributed by atoms with Crippen LogP contribution in [0.3, 0.4) is 0 Å². The van der Waals surface area contributed by atoms with E-state index in [9.17, 15) is 22.0 Å². The Kier molecular flexibility index (Phi) is 4.18. The molecule has 0 fully saturated rings. The first kappa shape index (κ1) is 15.7. The first-order valence-corrected chi connectivity index (χ1v) is 6.44. The van der Waals surface area contributed by atoms with Crippen molar-refractivity contribution < 1.29 is 22.0 Å². The monoisotopic (exact) mass is 303 g/mol. The molecule has 6 heteroatoms. The van der Waals surface area contributed by atoms with Crippen molar-refractivity contribution in [3.8, 4) is 0 Å². The van der Waals surface area contributed by atoms with Crippen LogP contribution in [0.1, 0.15) is 18.5 Å². The highest BCUT2D eigenvalue weighted by Gasteiger charge is 2.62. The lowest BCUT2D eigenvalue weighted by Gasteiger charge is -2.30. The molecule has 1 unspecified atom stereocenters. The van der Waals surface area contributed by atoms with Gasteiger partial charge < -0.3 is 5.32 Å². The SMILES string of the molecule is CCNC(c1cccc2ccccc12)C(F)(F)C(F)(F)F. The molecule has 2 aromatic rings. The summed E-state index contributed by atoms with van der Waals surface area (Å²) >= 11 is 0. The first-order chi connectivity index (χ1) is 9.79. The van der Waals surface area contributed by atoms with Crippen molar-refractivity contribution in [3.05, 3.63) is 48.0 Å². The van der Waals surface area contributed by atoms with E-state index in [4.69, 9.17) is 0 Å². The van der Waals surface area contributed by atoms with Crippen molar-refractivity contribution in [2.24, 2.45) is 0 Å². The number of rotatable bonds is 4. The van der Waals surface area contributed by atoms with Crippen LogP contribution in [-0.4, -0.2) is 18.6 Å². The molecule has 0 aliphatic rings. The van der Waals surface area contributed by atoms with Gasteiger partial charge in [0.25, 0.3) is 0 Å². The van der Waals surface area contributed by atoms with E-state index in [2.05, 4.69) is 5.32 Å². The second-order valence-corrected chi connectivity index (χ2v) is 4.68. The maximum Gasteiger partial charge on any atom is 0.455 e. The van der Waals surface area contributed by atoms with E-state index >= 15 is 0 Å². The molecule has 0 spiro atoms. The Morgan fingerprint density at radius 3 is 2.19 bits per heavy atom. The van der Waals surface area contributed by atoms with Crippen LogP contribution >= 0.6 is 0 Å². The van der Waals surface area contributed by atoms with Crippen LogP contribution in [0.25, 0.3) is 10.8 Å². The highest BCUT2D eigenvalue weighted by atomic mass is 19.4. The number of benzene rings is 2. The Labute approximate surface area is 118 Å². The molecule has 1 atom stereocenters. The second kappa shape index (κ2) is 5.60. The van der Waals surface area contributed by atoms with Gasteiger partial charge in [-0.25, -0.2) is 0 Å². The molecule has 0 aliphatic heterocycles. The van der Waals surface area contributed by atoms with Gasteiger partial charge in [0.1, 0.15) is 6.04 Å². The minimum atomic E-state index is -5.61. The van der Waals surface area contributed by atoms with Crippen molar-refractivity contribution in [2.75, 3.05) is 6.54 Å². The smallest absolute Gasteiger partial charge is 0.305 e. The van der Waals surface area contributed by atoms with Gasteiger partial charge in [-0.3, -0.25) is 0 Å². The van der Waals surface area contributed by atoms with Crippen molar-refractivity contribution >= 4 is 10.8 Å². The van der Waals surface area contributed by atoms with E-state index in [0.717, 1.165) is 0 Å². The Morgan fingerprint density at radius 1 is 0.952 bits per heavy atom. The molecule has 0 radical (unpaired) electrons. The van der Waals surface area contributed by atoms with E-state index in [-0.39, 0.29) is 12.1 Å². The van der Waals surface area contributed by atoms with E-state index in [1.807, 2.05) is 0 Å². The quantitative estimate of drug-likeness (QED) is 0.808. The van der Waals surface area contributed by atoms with Crippen LogP contribution in [0, 0.1) is 0 Å². The molecule has 0 amide bonds. The van der Waals surface area contributed by atoms with E-state index < -0.39 is 18.1 Å². The Morgan fingerprint density at radius 2 is 1.57 bits per heavy atom. The Balaban J connectivity index is 2.61. The molecule has 2 rings (SSSR count). The number of nitrogens with one attached hydrogen (secondary N) is 1. The van der Waals surface area contributed by atoms with Gasteiger partial charge >= 0.3 is 12.1 Å². The summed E-state index contributed by atoms with van der Waals surface area (Å²) in [6, 6.07) is 8.87. The van der Waals surface area contributed by atoms with Crippen molar-refractivity contribution in [3.63, 3.8) is 0 Å². The van der Waals surface area contributed by atoms with Crippen molar-refractivity contribution in [2.45, 2.75) is 25.1 Å². The zero-order valence-corrected chi connectivity index (χ0v) is 11.2. The highest BCUT2D eigenvalue weighted by Crippen LogP contribution is 2.45. The number of alkyl halides is 5. The lowest BCUT2D eigenvalue weighted by Crippen LogP contribution is -2.48. The zero-order valence-electron chi connectivity index (χ0n) is 11.2. The second-order valence-electron chi connectivity index (χ2n) is 4.68. The summed E-state index contributed by atoms with van der Waals surface area (Å²) in [5.41, 5.74) is -0.0581. The van der Waals surface area contributed by atoms with Crippen LogP contribution < -0.4 is 5.32 Å². The van der Waals surface area contributed by atoms with Crippen LogP contribution in [0.2, 0.25) is 0 Å². The fourth-order valence-corrected chi connectivity index (χ4v) is 2.30. The average molecular weight is 303 g/mol. The minimum absolute atomic E-state index is 0.000439. The first-order valence-electron chi connectivity index (χ1n) is 6.44. The van der Waals surface area contributed by atoms with Gasteiger partial charge in [0, 0.05) is 0 Å². The summed E-state index contributed by atoms with van der Waals surface area (Å²) in [6.45, 7) is 1.49. The maximum atomic E-state index is 13.8. The summed E-state index contributed by atoms with van der Waals surface area (Å²) < 4.78 is 65.7. The van der Waals surface area contributed by atoms with E-state index in [1.165, 1.54) is 19.1 Å². The summed E-state index contributed by atoms with van der Waals surface area (Å²) in [6.07, 6.45) is -5.61. The van der Waals surface area contributed by atoms with E-state index in [0.29, 0.717) is 10.8 Å². The molecule has 0 bridgehead atoms. The Bertz CT molecular complexity index is 615. The van der Waals surface area contributed by atoms with Gasteiger partial charge in [0.2, 0.25) is 0 Å². The van der Waals surface area contributed by atoms with Crippen LogP contribution in [0.15, 0.2) is 42.5 Å². The van der Waals surface area contributed by atoms with Gasteiger partial charge in [0.15, 0.2) is 0 Å². The largest absolute Gasteiger partial charge is 0.455 e. The molecule has 0 saturated heterocycles. The molecular weight excluding hydrogens is 289 g/mol. The maximum absolute atomic E-state index is 13.8. The fraction of sp³-hybridized carbons (Fsp3) is 0.333. The van der Waals surface area contributed by atoms with Crippen LogP contribution in [-0.2, 0) is 0 Å². The predicted molar refractivity (Wildman–Crippen MR) is 71.4 cm³/mol. The summed E-state index contributed by atoms with van der Waals surface area (Å²) in [5.74, 6) is -4.85. The lowest BCUT2D eigenvalue weighted by atomic mass is 9.94. The predicted octanol–water partition coefficient (Wildman–Crippen LogP) is 4.69. The van der Waals surface area contributed by atoms with Gasteiger partial charge in [-0.15, -0.1) is 0 Å². The zero-order chi connectivity index (χ0) is 15.7. The van der Waals surface area contributed by atoms with Crippen LogP contribution in [0.5, 0.6) is 0 Å². The summed E-state index contributed by atoms with van der Waals surface area (Å²) in [7, 11) is 0.